The molecule has 7 heteroatoms. The van der Waals surface area contributed by atoms with E-state index in [-0.39, 0.29) is 18.3 Å². The molecule has 132 valence electrons. The normalized spacial score (nSPS) is 16.6. The van der Waals surface area contributed by atoms with Crippen LogP contribution in [-0.4, -0.2) is 37.7 Å². The summed E-state index contributed by atoms with van der Waals surface area (Å²) in [7, 11) is 1.64. The zero-order valence-electron chi connectivity index (χ0n) is 14.1. The van der Waals surface area contributed by atoms with Crippen molar-refractivity contribution < 1.29 is 13.9 Å². The van der Waals surface area contributed by atoms with Crippen molar-refractivity contribution >= 4 is 35.1 Å². The molecule has 0 atom stereocenters. The molecule has 1 amide bonds. The number of amides is 1. The molecule has 2 aromatic rings. The molecule has 2 heterocycles. The van der Waals surface area contributed by atoms with Gasteiger partial charge in [-0.25, -0.2) is 4.98 Å². The number of carbonyl (C=O) groups excluding carboxylic acids is 1. The highest BCUT2D eigenvalue weighted by molar-refractivity contribution is 5.97. The first-order valence-electron chi connectivity index (χ1n) is 8.07. The number of benzene rings is 1. The van der Waals surface area contributed by atoms with Crippen molar-refractivity contribution in [3.8, 4) is 0 Å². The lowest BCUT2D eigenvalue weighted by Gasteiger charge is -2.35. The number of aromatic nitrogens is 1. The van der Waals surface area contributed by atoms with Crippen molar-refractivity contribution in [2.75, 3.05) is 32.1 Å². The zero-order valence-corrected chi connectivity index (χ0v) is 14.9. The van der Waals surface area contributed by atoms with E-state index in [9.17, 15) is 4.79 Å². The number of anilines is 1. The minimum atomic E-state index is -0.465. The van der Waals surface area contributed by atoms with Crippen LogP contribution < -0.4 is 10.6 Å². The molecule has 1 aliphatic rings. The van der Waals surface area contributed by atoms with E-state index in [1.807, 2.05) is 25.1 Å². The summed E-state index contributed by atoms with van der Waals surface area (Å²) in [5.41, 5.74) is 1.79. The Morgan fingerprint density at radius 1 is 1.42 bits per heavy atom. The fourth-order valence-corrected chi connectivity index (χ4v) is 3.09. The number of ether oxygens (including phenoxy) is 1. The number of methoxy groups -OCH3 is 1. The molecule has 0 aliphatic carbocycles. The molecule has 1 aromatic heterocycles. The molecule has 6 nitrogen and oxygen atoms in total. The van der Waals surface area contributed by atoms with Gasteiger partial charge >= 0.3 is 0 Å². The molecule has 3 rings (SSSR count). The van der Waals surface area contributed by atoms with Gasteiger partial charge in [-0.15, -0.1) is 12.4 Å². The van der Waals surface area contributed by atoms with Gasteiger partial charge in [0.15, 0.2) is 11.5 Å². The molecule has 0 bridgehead atoms. The number of halogens is 1. The van der Waals surface area contributed by atoms with E-state index in [2.05, 4.69) is 15.6 Å². The number of nitrogens with one attached hydrogen (secondary N) is 2. The summed E-state index contributed by atoms with van der Waals surface area (Å²) in [6, 6.07) is 5.56. The van der Waals surface area contributed by atoms with Crippen LogP contribution >= 0.6 is 12.4 Å². The zero-order chi connectivity index (χ0) is 16.3. The Morgan fingerprint density at radius 2 is 2.17 bits per heavy atom. The minimum Gasteiger partial charge on any atom is -0.441 e. The molecule has 0 unspecified atom stereocenters. The Hall–Kier alpha value is -1.63. The van der Waals surface area contributed by atoms with E-state index in [0.29, 0.717) is 12.5 Å². The van der Waals surface area contributed by atoms with Crippen LogP contribution in [0.2, 0.25) is 0 Å². The van der Waals surface area contributed by atoms with E-state index in [4.69, 9.17) is 9.15 Å². The van der Waals surface area contributed by atoms with E-state index in [1.54, 1.807) is 7.11 Å². The molecule has 1 saturated heterocycles. The second-order valence-electron chi connectivity index (χ2n) is 6.06. The molecule has 0 saturated carbocycles. The third kappa shape index (κ3) is 3.71. The fraction of sp³-hybridized carbons (Fsp3) is 0.529. The summed E-state index contributed by atoms with van der Waals surface area (Å²) >= 11 is 0. The Bertz CT molecular complexity index is 690. The van der Waals surface area contributed by atoms with Gasteiger partial charge in [-0.3, -0.25) is 4.79 Å². The molecule has 1 aliphatic heterocycles. The maximum atomic E-state index is 12.8. The summed E-state index contributed by atoms with van der Waals surface area (Å²) in [5.74, 6) is 0.720. The van der Waals surface area contributed by atoms with Gasteiger partial charge in [0, 0.05) is 19.2 Å². The van der Waals surface area contributed by atoms with Crippen LogP contribution in [-0.2, 0) is 16.0 Å². The van der Waals surface area contributed by atoms with Gasteiger partial charge in [0.25, 0.3) is 0 Å². The number of aryl methyl sites for hydroxylation is 1. The highest BCUT2D eigenvalue weighted by atomic mass is 35.5. The first kappa shape index (κ1) is 18.7. The topological polar surface area (TPSA) is 76.4 Å². The first-order valence-corrected chi connectivity index (χ1v) is 8.07. The summed E-state index contributed by atoms with van der Waals surface area (Å²) in [6.07, 6.45) is 2.30. The van der Waals surface area contributed by atoms with Gasteiger partial charge in [-0.2, -0.15) is 0 Å². The van der Waals surface area contributed by atoms with Crippen molar-refractivity contribution in [1.82, 2.24) is 10.3 Å². The van der Waals surface area contributed by atoms with Gasteiger partial charge in [0.05, 0.1) is 12.0 Å². The van der Waals surface area contributed by atoms with E-state index in [1.165, 1.54) is 0 Å². The number of oxazole rings is 1. The van der Waals surface area contributed by atoms with Gasteiger partial charge in [-0.1, -0.05) is 6.92 Å². The third-order valence-electron chi connectivity index (χ3n) is 4.46. The summed E-state index contributed by atoms with van der Waals surface area (Å²) in [5, 5.41) is 6.32. The van der Waals surface area contributed by atoms with E-state index >= 15 is 0 Å². The highest BCUT2D eigenvalue weighted by Crippen LogP contribution is 2.31. The van der Waals surface area contributed by atoms with Crippen molar-refractivity contribution in [1.29, 1.82) is 0 Å². The number of nitrogens with zero attached hydrogens (tertiary/aromatic N) is 1. The summed E-state index contributed by atoms with van der Waals surface area (Å²) in [4.78, 5) is 17.2. The number of carbonyl (C=O) groups is 1. The average molecular weight is 354 g/mol. The number of fused-ring (bicyclic) bond motifs is 1. The fourth-order valence-electron chi connectivity index (χ4n) is 3.09. The van der Waals surface area contributed by atoms with Crippen molar-refractivity contribution in [3.05, 3.63) is 24.1 Å². The van der Waals surface area contributed by atoms with E-state index < -0.39 is 5.41 Å². The van der Waals surface area contributed by atoms with Crippen LogP contribution in [0.3, 0.4) is 0 Å². The SMILES string of the molecule is CCc1nc2cc(NC(=O)C3(COC)CCNCC3)ccc2o1.Cl. The number of rotatable bonds is 5. The lowest BCUT2D eigenvalue weighted by Crippen LogP contribution is -2.47. The Kier molecular flexibility index (Phi) is 6.21. The predicted molar refractivity (Wildman–Crippen MR) is 95.7 cm³/mol. The predicted octanol–water partition coefficient (Wildman–Crippen LogP) is 2.77. The molecular formula is C17H24ClN3O3. The van der Waals surface area contributed by atoms with Crippen LogP contribution in [0.25, 0.3) is 11.1 Å². The largest absolute Gasteiger partial charge is 0.441 e. The maximum absolute atomic E-state index is 12.8. The number of hydrogen-bond acceptors (Lipinski definition) is 5. The molecule has 2 N–H and O–H groups in total. The first-order chi connectivity index (χ1) is 11.2. The van der Waals surface area contributed by atoms with Gasteiger partial charge in [0.2, 0.25) is 5.91 Å². The van der Waals surface area contributed by atoms with E-state index in [0.717, 1.165) is 49.1 Å². The van der Waals surface area contributed by atoms with Crippen LogP contribution in [0, 0.1) is 5.41 Å². The molecular weight excluding hydrogens is 330 g/mol. The quantitative estimate of drug-likeness (QED) is 0.864. The monoisotopic (exact) mass is 353 g/mol. The average Bonchev–Trinajstić information content (AvgIpc) is 2.98. The maximum Gasteiger partial charge on any atom is 0.233 e. The second kappa shape index (κ2) is 7.96. The Labute approximate surface area is 147 Å². The molecule has 24 heavy (non-hydrogen) atoms. The van der Waals surface area contributed by atoms with Crippen LogP contribution in [0.1, 0.15) is 25.7 Å². The molecule has 0 radical (unpaired) electrons. The van der Waals surface area contributed by atoms with Gasteiger partial charge in [0.1, 0.15) is 5.52 Å². The number of piperidine rings is 1. The molecule has 1 fully saturated rings. The standard InChI is InChI=1S/C17H23N3O3.ClH/c1-3-15-20-13-10-12(4-5-14(13)23-15)19-16(21)17(11-22-2)6-8-18-9-7-17;/h4-5,10,18H,3,6-9,11H2,1-2H3,(H,19,21);1H. The summed E-state index contributed by atoms with van der Waals surface area (Å²) < 4.78 is 10.9. The Balaban J connectivity index is 0.00000208. The van der Waals surface area contributed by atoms with Crippen LogP contribution in [0.4, 0.5) is 5.69 Å². The smallest absolute Gasteiger partial charge is 0.233 e. The van der Waals surface area contributed by atoms with Crippen molar-refractivity contribution in [2.24, 2.45) is 5.41 Å². The van der Waals surface area contributed by atoms with Crippen LogP contribution in [0.15, 0.2) is 22.6 Å². The van der Waals surface area contributed by atoms with Gasteiger partial charge in [-0.05, 0) is 44.1 Å². The lowest BCUT2D eigenvalue weighted by molar-refractivity contribution is -0.130. The number of hydrogen-bond donors (Lipinski definition) is 2. The molecule has 0 spiro atoms. The van der Waals surface area contributed by atoms with Gasteiger partial charge < -0.3 is 19.8 Å². The lowest BCUT2D eigenvalue weighted by atomic mass is 9.78. The van der Waals surface area contributed by atoms with Crippen LogP contribution in [0.5, 0.6) is 0 Å². The third-order valence-corrected chi connectivity index (χ3v) is 4.46. The Morgan fingerprint density at radius 3 is 2.83 bits per heavy atom. The minimum absolute atomic E-state index is 0. The molecule has 1 aromatic carbocycles. The van der Waals surface area contributed by atoms with Crippen molar-refractivity contribution in [2.45, 2.75) is 26.2 Å². The second-order valence-corrected chi connectivity index (χ2v) is 6.06. The highest BCUT2D eigenvalue weighted by Gasteiger charge is 2.39. The summed E-state index contributed by atoms with van der Waals surface area (Å²) in [6.45, 7) is 4.10. The van der Waals surface area contributed by atoms with Crippen molar-refractivity contribution in [3.63, 3.8) is 0 Å².